The predicted octanol–water partition coefficient (Wildman–Crippen LogP) is 3.31. The Bertz CT molecular complexity index is 644. The molecule has 118 valence electrons. The summed E-state index contributed by atoms with van der Waals surface area (Å²) < 4.78 is 5.16. The molecule has 2 rings (SSSR count). The molecule has 5 heteroatoms. The van der Waals surface area contributed by atoms with E-state index < -0.39 is 0 Å². The Balaban J connectivity index is 1.88. The van der Waals surface area contributed by atoms with E-state index in [9.17, 15) is 4.79 Å². The Hall–Kier alpha value is -1.88. The summed E-state index contributed by atoms with van der Waals surface area (Å²) in [5.41, 5.74) is 2.04. The molecule has 0 bridgehead atoms. The SMILES string of the molecule is COc1cccc(CC(=O)NCc2nc(C(C)(C)C)cs2)c1. The van der Waals surface area contributed by atoms with Gasteiger partial charge >= 0.3 is 0 Å². The highest BCUT2D eigenvalue weighted by molar-refractivity contribution is 7.09. The van der Waals surface area contributed by atoms with Crippen molar-refractivity contribution < 1.29 is 9.53 Å². The first-order valence-electron chi connectivity index (χ1n) is 7.23. The molecule has 0 saturated carbocycles. The monoisotopic (exact) mass is 318 g/mol. The molecular weight excluding hydrogens is 296 g/mol. The Labute approximate surface area is 135 Å². The van der Waals surface area contributed by atoms with Gasteiger partial charge in [-0.05, 0) is 17.7 Å². The summed E-state index contributed by atoms with van der Waals surface area (Å²) in [5, 5.41) is 5.91. The van der Waals surface area contributed by atoms with Crippen LogP contribution in [0.25, 0.3) is 0 Å². The lowest BCUT2D eigenvalue weighted by Crippen LogP contribution is -2.24. The van der Waals surface area contributed by atoms with Crippen molar-refractivity contribution in [3.63, 3.8) is 0 Å². The van der Waals surface area contributed by atoms with Gasteiger partial charge in [-0.2, -0.15) is 0 Å². The molecule has 0 radical (unpaired) electrons. The number of carbonyl (C=O) groups excluding carboxylic acids is 1. The molecule has 0 spiro atoms. The molecule has 1 aromatic heterocycles. The molecule has 0 aliphatic carbocycles. The van der Waals surface area contributed by atoms with Crippen molar-refractivity contribution in [2.75, 3.05) is 7.11 Å². The number of rotatable bonds is 5. The lowest BCUT2D eigenvalue weighted by molar-refractivity contribution is -0.120. The number of ether oxygens (including phenoxy) is 1. The Morgan fingerprint density at radius 3 is 2.77 bits per heavy atom. The van der Waals surface area contributed by atoms with E-state index in [0.29, 0.717) is 13.0 Å². The van der Waals surface area contributed by atoms with Gasteiger partial charge in [0.2, 0.25) is 5.91 Å². The first kappa shape index (κ1) is 16.5. The van der Waals surface area contributed by atoms with Crippen LogP contribution in [-0.4, -0.2) is 18.0 Å². The third-order valence-electron chi connectivity index (χ3n) is 3.26. The molecule has 4 nitrogen and oxygen atoms in total. The quantitative estimate of drug-likeness (QED) is 0.920. The van der Waals surface area contributed by atoms with Crippen molar-refractivity contribution in [2.24, 2.45) is 0 Å². The zero-order valence-electron chi connectivity index (χ0n) is 13.5. The van der Waals surface area contributed by atoms with Crippen molar-refractivity contribution in [1.29, 1.82) is 0 Å². The van der Waals surface area contributed by atoms with Gasteiger partial charge in [0.25, 0.3) is 0 Å². The van der Waals surface area contributed by atoms with E-state index in [4.69, 9.17) is 4.74 Å². The van der Waals surface area contributed by atoms with Gasteiger partial charge in [0.15, 0.2) is 0 Å². The van der Waals surface area contributed by atoms with Crippen molar-refractivity contribution in [2.45, 2.75) is 39.2 Å². The number of nitrogens with one attached hydrogen (secondary N) is 1. The molecule has 0 fully saturated rings. The Kier molecular flexibility index (Phi) is 5.19. The second-order valence-corrected chi connectivity index (χ2v) is 7.12. The van der Waals surface area contributed by atoms with Crippen LogP contribution in [0, 0.1) is 0 Å². The second kappa shape index (κ2) is 6.92. The minimum atomic E-state index is -0.0132. The zero-order chi connectivity index (χ0) is 16.2. The minimum absolute atomic E-state index is 0.0132. The number of amides is 1. The van der Waals surface area contributed by atoms with Gasteiger partial charge in [-0.3, -0.25) is 4.79 Å². The third-order valence-corrected chi connectivity index (χ3v) is 4.10. The summed E-state index contributed by atoms with van der Waals surface area (Å²) in [6.45, 7) is 6.87. The average Bonchev–Trinajstić information content (AvgIpc) is 2.94. The molecule has 1 N–H and O–H groups in total. The van der Waals surface area contributed by atoms with Crippen molar-refractivity contribution in [3.05, 3.63) is 45.9 Å². The molecule has 0 saturated heterocycles. The summed E-state index contributed by atoms with van der Waals surface area (Å²) in [4.78, 5) is 16.6. The average molecular weight is 318 g/mol. The fourth-order valence-electron chi connectivity index (χ4n) is 1.94. The van der Waals surface area contributed by atoms with Crippen LogP contribution < -0.4 is 10.1 Å². The van der Waals surface area contributed by atoms with Crippen LogP contribution in [0.2, 0.25) is 0 Å². The first-order valence-corrected chi connectivity index (χ1v) is 8.11. The number of thiazole rings is 1. The van der Waals surface area contributed by atoms with E-state index in [0.717, 1.165) is 22.0 Å². The van der Waals surface area contributed by atoms with Crippen LogP contribution in [0.3, 0.4) is 0 Å². The summed E-state index contributed by atoms with van der Waals surface area (Å²) >= 11 is 1.58. The van der Waals surface area contributed by atoms with E-state index in [1.54, 1.807) is 18.4 Å². The van der Waals surface area contributed by atoms with Crippen LogP contribution in [-0.2, 0) is 23.2 Å². The number of nitrogens with zero attached hydrogens (tertiary/aromatic N) is 1. The lowest BCUT2D eigenvalue weighted by atomic mass is 9.93. The van der Waals surface area contributed by atoms with Gasteiger partial charge in [-0.25, -0.2) is 4.98 Å². The van der Waals surface area contributed by atoms with Crippen LogP contribution in [0.5, 0.6) is 5.75 Å². The maximum absolute atomic E-state index is 12.0. The number of hydrogen-bond donors (Lipinski definition) is 1. The smallest absolute Gasteiger partial charge is 0.224 e. The van der Waals surface area contributed by atoms with Crippen LogP contribution >= 0.6 is 11.3 Å². The Morgan fingerprint density at radius 1 is 1.36 bits per heavy atom. The van der Waals surface area contributed by atoms with Gasteiger partial charge in [0, 0.05) is 10.8 Å². The van der Waals surface area contributed by atoms with Gasteiger partial charge < -0.3 is 10.1 Å². The third kappa shape index (κ3) is 4.56. The highest BCUT2D eigenvalue weighted by Gasteiger charge is 2.17. The minimum Gasteiger partial charge on any atom is -0.497 e. The highest BCUT2D eigenvalue weighted by atomic mass is 32.1. The number of methoxy groups -OCH3 is 1. The van der Waals surface area contributed by atoms with E-state index >= 15 is 0 Å². The summed E-state index contributed by atoms with van der Waals surface area (Å²) in [6, 6.07) is 7.55. The van der Waals surface area contributed by atoms with Gasteiger partial charge in [-0.15, -0.1) is 11.3 Å². The normalized spacial score (nSPS) is 11.3. The molecule has 0 atom stereocenters. The van der Waals surface area contributed by atoms with E-state index in [1.807, 2.05) is 24.3 Å². The fraction of sp³-hybridized carbons (Fsp3) is 0.412. The van der Waals surface area contributed by atoms with Crippen LogP contribution in [0.15, 0.2) is 29.6 Å². The fourth-order valence-corrected chi connectivity index (χ4v) is 2.90. The summed E-state index contributed by atoms with van der Waals surface area (Å²) in [6.07, 6.45) is 0.342. The van der Waals surface area contributed by atoms with E-state index in [1.165, 1.54) is 0 Å². The first-order chi connectivity index (χ1) is 10.4. The van der Waals surface area contributed by atoms with E-state index in [2.05, 4.69) is 36.5 Å². The summed E-state index contributed by atoms with van der Waals surface area (Å²) in [5.74, 6) is 0.751. The topological polar surface area (TPSA) is 51.2 Å². The van der Waals surface area contributed by atoms with Gasteiger partial charge in [0.1, 0.15) is 10.8 Å². The zero-order valence-corrected chi connectivity index (χ0v) is 14.3. The standard InChI is InChI=1S/C17H22N2O2S/c1-17(2,3)14-11-22-16(19-14)10-18-15(20)9-12-6-5-7-13(8-12)21-4/h5-8,11H,9-10H2,1-4H3,(H,18,20). The largest absolute Gasteiger partial charge is 0.497 e. The molecule has 1 aromatic carbocycles. The van der Waals surface area contributed by atoms with Crippen molar-refractivity contribution in [1.82, 2.24) is 10.3 Å². The predicted molar refractivity (Wildman–Crippen MR) is 89.4 cm³/mol. The van der Waals surface area contributed by atoms with Gasteiger partial charge in [0.05, 0.1) is 25.8 Å². The molecule has 1 heterocycles. The van der Waals surface area contributed by atoms with E-state index in [-0.39, 0.29) is 11.3 Å². The van der Waals surface area contributed by atoms with Crippen LogP contribution in [0.4, 0.5) is 0 Å². The Morgan fingerprint density at radius 2 is 2.14 bits per heavy atom. The summed E-state index contributed by atoms with van der Waals surface area (Å²) in [7, 11) is 1.62. The molecule has 0 aliphatic heterocycles. The second-order valence-electron chi connectivity index (χ2n) is 6.18. The van der Waals surface area contributed by atoms with Gasteiger partial charge in [-0.1, -0.05) is 32.9 Å². The van der Waals surface area contributed by atoms with Crippen molar-refractivity contribution >= 4 is 17.2 Å². The molecule has 0 aliphatic rings. The molecule has 22 heavy (non-hydrogen) atoms. The van der Waals surface area contributed by atoms with Crippen molar-refractivity contribution in [3.8, 4) is 5.75 Å². The number of benzene rings is 1. The molecule has 0 unspecified atom stereocenters. The maximum atomic E-state index is 12.0. The van der Waals surface area contributed by atoms with Crippen LogP contribution in [0.1, 0.15) is 37.0 Å². The molecule has 2 aromatic rings. The number of carbonyl (C=O) groups is 1. The number of hydrogen-bond acceptors (Lipinski definition) is 4. The maximum Gasteiger partial charge on any atom is 0.224 e. The molecule has 1 amide bonds. The molecular formula is C17H22N2O2S. The highest BCUT2D eigenvalue weighted by Crippen LogP contribution is 2.23. The number of aromatic nitrogens is 1. The lowest BCUT2D eigenvalue weighted by Gasteiger charge is -2.14.